The van der Waals surface area contributed by atoms with Crippen LogP contribution in [0.15, 0.2) is 53.7 Å². The van der Waals surface area contributed by atoms with Crippen molar-refractivity contribution >= 4 is 27.3 Å². The summed E-state index contributed by atoms with van der Waals surface area (Å²) in [6.45, 7) is 0. The van der Waals surface area contributed by atoms with Gasteiger partial charge in [0.25, 0.3) is 10.0 Å². The van der Waals surface area contributed by atoms with Crippen LogP contribution in [0.1, 0.15) is 0 Å². The van der Waals surface area contributed by atoms with Crippen molar-refractivity contribution in [1.82, 2.24) is 14.8 Å². The van der Waals surface area contributed by atoms with Crippen LogP contribution in [0.3, 0.4) is 0 Å². The highest BCUT2D eigenvalue weighted by Gasteiger charge is 2.19. The molecule has 0 spiro atoms. The highest BCUT2D eigenvalue weighted by molar-refractivity contribution is 7.92. The number of halogens is 2. The molecule has 24 heavy (non-hydrogen) atoms. The van der Waals surface area contributed by atoms with Crippen LogP contribution in [0.4, 0.5) is 10.1 Å². The van der Waals surface area contributed by atoms with Crippen LogP contribution >= 0.6 is 11.6 Å². The number of hydrogen-bond acceptors (Lipinski definition) is 4. The topological polar surface area (TPSA) is 76.9 Å². The first-order chi connectivity index (χ1) is 11.4. The lowest BCUT2D eigenvalue weighted by Crippen LogP contribution is -2.14. The second-order valence-electron chi connectivity index (χ2n) is 5.02. The molecular weight excluding hydrogens is 355 g/mol. The minimum absolute atomic E-state index is 0.125. The summed E-state index contributed by atoms with van der Waals surface area (Å²) in [6, 6.07) is 9.91. The molecule has 0 bridgehead atoms. The molecule has 0 saturated carbocycles. The van der Waals surface area contributed by atoms with Crippen LogP contribution in [0.5, 0.6) is 0 Å². The molecule has 0 saturated heterocycles. The summed E-state index contributed by atoms with van der Waals surface area (Å²) < 4.78 is 42.4. The summed E-state index contributed by atoms with van der Waals surface area (Å²) in [4.78, 5) is -0.468. The molecule has 9 heteroatoms. The Balaban J connectivity index is 1.86. The molecule has 0 aliphatic rings. The standard InChI is InChI=1S/C15H12ClFN4O2S/c1-21-9-18-19-15(21)10-2-5-12(6-3-10)20-24(22,23)14-7-4-11(16)8-13(14)17/h2-9,20H,1H3. The van der Waals surface area contributed by atoms with E-state index in [-0.39, 0.29) is 5.02 Å². The smallest absolute Gasteiger partial charge is 0.264 e. The third kappa shape index (κ3) is 3.24. The van der Waals surface area contributed by atoms with Gasteiger partial charge >= 0.3 is 0 Å². The number of hydrogen-bond donors (Lipinski definition) is 1. The lowest BCUT2D eigenvalue weighted by atomic mass is 10.2. The fourth-order valence-electron chi connectivity index (χ4n) is 2.14. The summed E-state index contributed by atoms with van der Waals surface area (Å²) in [7, 11) is -2.25. The van der Waals surface area contributed by atoms with E-state index in [0.717, 1.165) is 17.7 Å². The van der Waals surface area contributed by atoms with Crippen LogP contribution < -0.4 is 4.72 Å². The average molecular weight is 367 g/mol. The van der Waals surface area contributed by atoms with Crippen molar-refractivity contribution in [3.63, 3.8) is 0 Å². The van der Waals surface area contributed by atoms with E-state index in [9.17, 15) is 12.8 Å². The SMILES string of the molecule is Cn1cnnc1-c1ccc(NS(=O)(=O)c2ccc(Cl)cc2F)cc1. The van der Waals surface area contributed by atoms with Crippen molar-refractivity contribution in [3.05, 3.63) is 59.6 Å². The van der Waals surface area contributed by atoms with Crippen molar-refractivity contribution in [3.8, 4) is 11.4 Å². The van der Waals surface area contributed by atoms with Gasteiger partial charge in [0.1, 0.15) is 17.0 Å². The van der Waals surface area contributed by atoms with E-state index in [1.807, 2.05) is 0 Å². The Morgan fingerprint density at radius 2 is 1.88 bits per heavy atom. The van der Waals surface area contributed by atoms with E-state index in [0.29, 0.717) is 11.5 Å². The minimum atomic E-state index is -4.05. The molecule has 0 aliphatic heterocycles. The number of aryl methyl sites for hydroxylation is 1. The molecule has 1 N–H and O–H groups in total. The number of nitrogens with zero attached hydrogens (tertiary/aromatic N) is 3. The van der Waals surface area contributed by atoms with E-state index in [1.165, 1.54) is 6.07 Å². The van der Waals surface area contributed by atoms with Crippen molar-refractivity contribution in [1.29, 1.82) is 0 Å². The van der Waals surface area contributed by atoms with Crippen LogP contribution in [0.2, 0.25) is 5.02 Å². The second-order valence-corrected chi connectivity index (χ2v) is 7.11. The fourth-order valence-corrected chi connectivity index (χ4v) is 3.41. The van der Waals surface area contributed by atoms with Gasteiger partial charge in [0.05, 0.1) is 0 Å². The summed E-state index contributed by atoms with van der Waals surface area (Å²) >= 11 is 5.64. The van der Waals surface area contributed by atoms with E-state index in [2.05, 4.69) is 14.9 Å². The van der Waals surface area contributed by atoms with E-state index >= 15 is 0 Å². The largest absolute Gasteiger partial charge is 0.317 e. The highest BCUT2D eigenvalue weighted by atomic mass is 35.5. The Morgan fingerprint density at radius 3 is 2.46 bits per heavy atom. The van der Waals surface area contributed by atoms with Gasteiger partial charge in [-0.2, -0.15) is 0 Å². The monoisotopic (exact) mass is 366 g/mol. The predicted octanol–water partition coefficient (Wildman–Crippen LogP) is 3.08. The second kappa shape index (κ2) is 6.21. The number of rotatable bonds is 4. The molecule has 0 aliphatic carbocycles. The summed E-state index contributed by atoms with van der Waals surface area (Å²) in [5.41, 5.74) is 1.07. The number of sulfonamides is 1. The van der Waals surface area contributed by atoms with Crippen LogP contribution in [0, 0.1) is 5.82 Å². The molecule has 0 unspecified atom stereocenters. The van der Waals surface area contributed by atoms with Crippen molar-refractivity contribution in [2.24, 2.45) is 7.05 Å². The van der Waals surface area contributed by atoms with Gasteiger partial charge in [0.2, 0.25) is 0 Å². The van der Waals surface area contributed by atoms with Crippen molar-refractivity contribution < 1.29 is 12.8 Å². The molecular formula is C15H12ClFN4O2S. The number of benzene rings is 2. The maximum absolute atomic E-state index is 13.8. The zero-order valence-electron chi connectivity index (χ0n) is 12.4. The Labute approximate surface area is 143 Å². The Morgan fingerprint density at radius 1 is 1.17 bits per heavy atom. The van der Waals surface area contributed by atoms with Gasteiger partial charge in [-0.1, -0.05) is 11.6 Å². The van der Waals surface area contributed by atoms with Gasteiger partial charge in [-0.25, -0.2) is 12.8 Å². The molecule has 0 atom stereocenters. The highest BCUT2D eigenvalue weighted by Crippen LogP contribution is 2.23. The molecule has 0 radical (unpaired) electrons. The van der Waals surface area contributed by atoms with Crippen LogP contribution in [0.25, 0.3) is 11.4 Å². The predicted molar refractivity (Wildman–Crippen MR) is 88.7 cm³/mol. The zero-order valence-corrected chi connectivity index (χ0v) is 14.0. The lowest BCUT2D eigenvalue weighted by Gasteiger charge is -2.09. The van der Waals surface area contributed by atoms with Gasteiger partial charge in [0, 0.05) is 23.3 Å². The maximum Gasteiger partial charge on any atom is 0.264 e. The molecule has 0 amide bonds. The third-order valence-electron chi connectivity index (χ3n) is 3.29. The molecule has 124 valence electrons. The Bertz CT molecular complexity index is 987. The Kier molecular flexibility index (Phi) is 4.25. The molecule has 6 nitrogen and oxygen atoms in total. The summed E-state index contributed by atoms with van der Waals surface area (Å²) in [6.07, 6.45) is 1.56. The van der Waals surface area contributed by atoms with Crippen LogP contribution in [-0.2, 0) is 17.1 Å². The first-order valence-corrected chi connectivity index (χ1v) is 8.65. The molecule has 2 aromatic carbocycles. The normalized spacial score (nSPS) is 11.5. The minimum Gasteiger partial charge on any atom is -0.317 e. The van der Waals surface area contributed by atoms with Crippen molar-refractivity contribution in [2.75, 3.05) is 4.72 Å². The van der Waals surface area contributed by atoms with E-state index in [4.69, 9.17) is 11.6 Å². The van der Waals surface area contributed by atoms with Gasteiger partial charge in [0.15, 0.2) is 5.82 Å². The summed E-state index contributed by atoms with van der Waals surface area (Å²) in [5.74, 6) is -0.265. The maximum atomic E-state index is 13.8. The Hall–Kier alpha value is -2.45. The zero-order chi connectivity index (χ0) is 17.3. The van der Waals surface area contributed by atoms with Gasteiger partial charge < -0.3 is 4.57 Å². The molecule has 3 aromatic rings. The van der Waals surface area contributed by atoms with E-state index in [1.54, 1.807) is 42.2 Å². The van der Waals surface area contributed by atoms with Crippen LogP contribution in [-0.4, -0.2) is 23.2 Å². The molecule has 1 aromatic heterocycles. The first-order valence-electron chi connectivity index (χ1n) is 6.79. The van der Waals surface area contributed by atoms with Gasteiger partial charge in [-0.05, 0) is 42.5 Å². The fraction of sp³-hybridized carbons (Fsp3) is 0.0667. The lowest BCUT2D eigenvalue weighted by molar-refractivity contribution is 0.570. The number of aromatic nitrogens is 3. The quantitative estimate of drug-likeness (QED) is 0.769. The average Bonchev–Trinajstić information content (AvgIpc) is 2.93. The van der Waals surface area contributed by atoms with Gasteiger partial charge in [-0.3, -0.25) is 4.72 Å². The first kappa shape index (κ1) is 16.4. The number of nitrogens with one attached hydrogen (secondary N) is 1. The summed E-state index contributed by atoms with van der Waals surface area (Å²) in [5, 5.41) is 7.88. The molecule has 3 rings (SSSR count). The third-order valence-corrected chi connectivity index (χ3v) is 4.94. The molecule has 0 fully saturated rings. The van der Waals surface area contributed by atoms with Crippen molar-refractivity contribution in [2.45, 2.75) is 4.90 Å². The molecule has 1 heterocycles. The van der Waals surface area contributed by atoms with Gasteiger partial charge in [-0.15, -0.1) is 10.2 Å². The number of anilines is 1. The van der Waals surface area contributed by atoms with E-state index < -0.39 is 20.7 Å².